The predicted octanol–water partition coefficient (Wildman–Crippen LogP) is 3.70. The van der Waals surface area contributed by atoms with Gasteiger partial charge in [0.25, 0.3) is 5.91 Å². The summed E-state index contributed by atoms with van der Waals surface area (Å²) < 4.78 is 5.27. The Morgan fingerprint density at radius 3 is 2.69 bits per heavy atom. The van der Waals surface area contributed by atoms with Crippen LogP contribution in [0.2, 0.25) is 0 Å². The molecule has 1 fully saturated rings. The van der Waals surface area contributed by atoms with Crippen LogP contribution in [0.3, 0.4) is 0 Å². The number of hydrogen-bond donors (Lipinski definition) is 2. The molecule has 0 radical (unpaired) electrons. The molecule has 3 rings (SSSR count). The van der Waals surface area contributed by atoms with Crippen molar-refractivity contribution in [3.8, 4) is 0 Å². The van der Waals surface area contributed by atoms with Gasteiger partial charge in [0.05, 0.1) is 12.1 Å². The summed E-state index contributed by atoms with van der Waals surface area (Å²) >= 11 is 1.30. The Bertz CT molecular complexity index is 939. The molecule has 2 aromatic rings. The quantitative estimate of drug-likeness (QED) is 0.687. The number of nitrogens with zero attached hydrogens (tertiary/aromatic N) is 2. The van der Waals surface area contributed by atoms with Crippen LogP contribution in [0.15, 0.2) is 35.7 Å². The van der Waals surface area contributed by atoms with Gasteiger partial charge in [0.1, 0.15) is 5.60 Å². The monoisotopic (exact) mass is 458 g/mol. The molecule has 0 aliphatic carbocycles. The fourth-order valence-electron chi connectivity index (χ4n) is 3.47. The number of anilines is 1. The zero-order chi connectivity index (χ0) is 23.1. The van der Waals surface area contributed by atoms with Gasteiger partial charge in [-0.3, -0.25) is 14.9 Å². The highest BCUT2D eigenvalue weighted by atomic mass is 32.1. The topological polar surface area (TPSA) is 101 Å². The normalized spacial score (nSPS) is 16.3. The molecule has 9 heteroatoms. The maximum absolute atomic E-state index is 12.8. The maximum atomic E-state index is 12.8. The van der Waals surface area contributed by atoms with E-state index in [0.717, 1.165) is 12.8 Å². The van der Waals surface area contributed by atoms with Crippen LogP contribution < -0.4 is 10.6 Å². The third-order valence-corrected chi connectivity index (χ3v) is 5.75. The zero-order valence-electron chi connectivity index (χ0n) is 18.7. The Balaban J connectivity index is 1.47. The lowest BCUT2D eigenvalue weighted by Crippen LogP contribution is -2.45. The molecule has 172 valence electrons. The number of nitrogens with one attached hydrogen (secondary N) is 2. The number of carbonyl (C=O) groups is 3. The maximum Gasteiger partial charge on any atom is 0.407 e. The number of hydrogen-bond acceptors (Lipinski definition) is 6. The van der Waals surface area contributed by atoms with Crippen molar-refractivity contribution in [1.29, 1.82) is 0 Å². The van der Waals surface area contributed by atoms with Gasteiger partial charge >= 0.3 is 6.09 Å². The van der Waals surface area contributed by atoms with Gasteiger partial charge in [-0.05, 0) is 51.7 Å². The second-order valence-corrected chi connectivity index (χ2v) is 9.73. The number of piperidine rings is 1. The van der Waals surface area contributed by atoms with Crippen molar-refractivity contribution in [1.82, 2.24) is 15.2 Å². The van der Waals surface area contributed by atoms with E-state index in [4.69, 9.17) is 4.74 Å². The molecule has 0 saturated carbocycles. The van der Waals surface area contributed by atoms with Crippen LogP contribution in [0.25, 0.3) is 0 Å². The average molecular weight is 459 g/mol. The van der Waals surface area contributed by atoms with Crippen LogP contribution in [-0.4, -0.2) is 53.0 Å². The highest BCUT2D eigenvalue weighted by Crippen LogP contribution is 2.20. The lowest BCUT2D eigenvalue weighted by atomic mass is 9.97. The number of aromatic nitrogens is 1. The Hall–Kier alpha value is -2.94. The van der Waals surface area contributed by atoms with Crippen molar-refractivity contribution in [2.24, 2.45) is 5.92 Å². The summed E-state index contributed by atoms with van der Waals surface area (Å²) in [6.45, 7) is 7.24. The second-order valence-electron chi connectivity index (χ2n) is 8.87. The van der Waals surface area contributed by atoms with Crippen LogP contribution in [0.4, 0.5) is 9.93 Å². The Kier molecular flexibility index (Phi) is 7.84. The summed E-state index contributed by atoms with van der Waals surface area (Å²) in [5.41, 5.74) is 0.656. The van der Waals surface area contributed by atoms with Crippen molar-refractivity contribution in [3.05, 3.63) is 47.0 Å². The third kappa shape index (κ3) is 7.33. The van der Waals surface area contributed by atoms with Crippen molar-refractivity contribution >= 4 is 34.4 Å². The predicted molar refractivity (Wildman–Crippen MR) is 124 cm³/mol. The van der Waals surface area contributed by atoms with Crippen molar-refractivity contribution in [2.45, 2.75) is 45.6 Å². The molecule has 2 N–H and O–H groups in total. The lowest BCUT2D eigenvalue weighted by molar-refractivity contribution is -0.132. The standard InChI is InChI=1S/C23H30N4O4S/c1-23(2,3)31-22(30)24-13-16-8-7-11-27(14-16)19(28)12-18-15-32-21(25-18)26-20(29)17-9-5-4-6-10-17/h4-6,9-10,15-16H,7-8,11-14H2,1-3H3,(H,24,30)(H,25,26,29)/t16-/m0/s1. The van der Waals surface area contributed by atoms with E-state index in [1.54, 1.807) is 29.6 Å². The van der Waals surface area contributed by atoms with Gasteiger partial charge in [-0.2, -0.15) is 0 Å². The zero-order valence-corrected chi connectivity index (χ0v) is 19.5. The van der Waals surface area contributed by atoms with E-state index < -0.39 is 11.7 Å². The Morgan fingerprint density at radius 2 is 1.97 bits per heavy atom. The number of thiazole rings is 1. The van der Waals surface area contributed by atoms with Crippen LogP contribution in [0.1, 0.15) is 49.7 Å². The fourth-order valence-corrected chi connectivity index (χ4v) is 4.18. The number of amides is 3. The van der Waals surface area contributed by atoms with Crippen LogP contribution >= 0.6 is 11.3 Å². The average Bonchev–Trinajstić information content (AvgIpc) is 3.18. The van der Waals surface area contributed by atoms with Crippen molar-refractivity contribution in [3.63, 3.8) is 0 Å². The number of benzene rings is 1. The van der Waals surface area contributed by atoms with E-state index >= 15 is 0 Å². The molecule has 1 atom stereocenters. The second kappa shape index (κ2) is 10.6. The van der Waals surface area contributed by atoms with E-state index in [9.17, 15) is 14.4 Å². The molecule has 1 aliphatic heterocycles. The van der Waals surface area contributed by atoms with Gasteiger partial charge < -0.3 is 15.0 Å². The Morgan fingerprint density at radius 1 is 1.22 bits per heavy atom. The molecule has 0 spiro atoms. The molecular formula is C23H30N4O4S. The van der Waals surface area contributed by atoms with Gasteiger partial charge in [0.2, 0.25) is 5.91 Å². The smallest absolute Gasteiger partial charge is 0.407 e. The largest absolute Gasteiger partial charge is 0.444 e. The molecule has 1 aromatic carbocycles. The minimum absolute atomic E-state index is 0.00166. The van der Waals surface area contributed by atoms with Crippen LogP contribution in [0, 0.1) is 5.92 Å². The molecule has 0 bridgehead atoms. The number of rotatable bonds is 6. The summed E-state index contributed by atoms with van der Waals surface area (Å²) in [6.07, 6.45) is 1.59. The van der Waals surface area contributed by atoms with E-state index in [0.29, 0.717) is 36.0 Å². The summed E-state index contributed by atoms with van der Waals surface area (Å²) in [5, 5.41) is 7.84. The van der Waals surface area contributed by atoms with Crippen LogP contribution in [-0.2, 0) is 16.0 Å². The molecule has 8 nitrogen and oxygen atoms in total. The van der Waals surface area contributed by atoms with Gasteiger partial charge in [0.15, 0.2) is 5.13 Å². The van der Waals surface area contributed by atoms with Gasteiger partial charge in [-0.15, -0.1) is 11.3 Å². The first kappa shape index (κ1) is 23.7. The van der Waals surface area contributed by atoms with E-state index in [1.165, 1.54) is 11.3 Å². The van der Waals surface area contributed by atoms with Gasteiger partial charge in [-0.1, -0.05) is 18.2 Å². The molecular weight excluding hydrogens is 428 g/mol. The van der Waals surface area contributed by atoms with E-state index in [2.05, 4.69) is 15.6 Å². The first-order valence-corrected chi connectivity index (χ1v) is 11.6. The van der Waals surface area contributed by atoms with Crippen molar-refractivity contribution in [2.75, 3.05) is 25.0 Å². The van der Waals surface area contributed by atoms with E-state index in [-0.39, 0.29) is 24.2 Å². The molecule has 32 heavy (non-hydrogen) atoms. The SMILES string of the molecule is CC(C)(C)OC(=O)NC[C@@H]1CCCN(C(=O)Cc2csc(NC(=O)c3ccccc3)n2)C1. The summed E-state index contributed by atoms with van der Waals surface area (Å²) in [4.78, 5) is 43.1. The molecule has 1 aromatic heterocycles. The summed E-state index contributed by atoms with van der Waals surface area (Å²) in [5.74, 6) is -0.0382. The number of carbonyl (C=O) groups excluding carboxylic acids is 3. The fraction of sp³-hybridized carbons (Fsp3) is 0.478. The van der Waals surface area contributed by atoms with Crippen molar-refractivity contribution < 1.29 is 19.1 Å². The first-order valence-electron chi connectivity index (χ1n) is 10.7. The van der Waals surface area contributed by atoms with E-state index in [1.807, 2.05) is 31.7 Å². The number of alkyl carbamates (subject to hydrolysis) is 1. The first-order chi connectivity index (χ1) is 15.2. The molecule has 0 unspecified atom stereocenters. The highest BCUT2D eigenvalue weighted by molar-refractivity contribution is 7.14. The molecule has 1 saturated heterocycles. The lowest BCUT2D eigenvalue weighted by Gasteiger charge is -2.33. The summed E-state index contributed by atoms with van der Waals surface area (Å²) in [7, 11) is 0. The van der Waals surface area contributed by atoms with Crippen LogP contribution in [0.5, 0.6) is 0 Å². The molecule has 3 amide bonds. The Labute approximate surface area is 192 Å². The number of ether oxygens (including phenoxy) is 1. The number of likely N-dealkylation sites (tertiary alicyclic amines) is 1. The minimum atomic E-state index is -0.536. The molecule has 1 aliphatic rings. The minimum Gasteiger partial charge on any atom is -0.444 e. The third-order valence-electron chi connectivity index (χ3n) is 4.95. The molecule has 2 heterocycles. The van der Waals surface area contributed by atoms with Gasteiger partial charge in [0, 0.05) is 30.6 Å². The van der Waals surface area contributed by atoms with Gasteiger partial charge in [-0.25, -0.2) is 9.78 Å². The summed E-state index contributed by atoms with van der Waals surface area (Å²) in [6, 6.07) is 8.92. The highest BCUT2D eigenvalue weighted by Gasteiger charge is 2.25.